The third-order valence-corrected chi connectivity index (χ3v) is 5.04. The van der Waals surface area contributed by atoms with Crippen molar-refractivity contribution in [3.63, 3.8) is 0 Å². The second-order valence-corrected chi connectivity index (χ2v) is 6.15. The van der Waals surface area contributed by atoms with Crippen LogP contribution >= 0.6 is 11.3 Å². The highest BCUT2D eigenvalue weighted by molar-refractivity contribution is 7.21. The number of fused-ring (bicyclic) bond motifs is 1. The molecular formula is C15H15NO3S. The van der Waals surface area contributed by atoms with Crippen molar-refractivity contribution < 1.29 is 14.7 Å². The Kier molecular flexibility index (Phi) is 3.22. The van der Waals surface area contributed by atoms with Gasteiger partial charge in [0.25, 0.3) is 0 Å². The van der Waals surface area contributed by atoms with Gasteiger partial charge in [-0.1, -0.05) is 18.2 Å². The fourth-order valence-corrected chi connectivity index (χ4v) is 4.04. The van der Waals surface area contributed by atoms with Gasteiger partial charge in [-0.15, -0.1) is 11.3 Å². The predicted molar refractivity (Wildman–Crippen MR) is 78.4 cm³/mol. The fraction of sp³-hybridized carbons (Fsp3) is 0.333. The Morgan fingerprint density at radius 1 is 1.35 bits per heavy atom. The van der Waals surface area contributed by atoms with Crippen molar-refractivity contribution in [3.05, 3.63) is 34.7 Å². The number of likely N-dealkylation sites (tertiary alicyclic amines) is 1. The molecular weight excluding hydrogens is 274 g/mol. The van der Waals surface area contributed by atoms with Crippen LogP contribution in [0.3, 0.4) is 0 Å². The van der Waals surface area contributed by atoms with Crippen molar-refractivity contribution in [2.45, 2.75) is 19.3 Å². The molecule has 20 heavy (non-hydrogen) atoms. The fourth-order valence-electron chi connectivity index (χ4n) is 2.91. The molecule has 1 aliphatic rings. The lowest BCUT2D eigenvalue weighted by Gasteiger charge is -2.14. The van der Waals surface area contributed by atoms with Crippen molar-refractivity contribution in [1.29, 1.82) is 0 Å². The molecule has 1 aliphatic heterocycles. The number of hydrogen-bond acceptors (Lipinski definition) is 3. The van der Waals surface area contributed by atoms with E-state index in [1.54, 1.807) is 11.8 Å². The minimum absolute atomic E-state index is 0.0592. The maximum Gasteiger partial charge on any atom is 0.346 e. The molecule has 1 aromatic heterocycles. The molecule has 2 heterocycles. The lowest BCUT2D eigenvalue weighted by atomic mass is 9.95. The largest absolute Gasteiger partial charge is 0.477 e. The monoisotopic (exact) mass is 289 g/mol. The van der Waals surface area contributed by atoms with Gasteiger partial charge in [0.2, 0.25) is 5.91 Å². The summed E-state index contributed by atoms with van der Waals surface area (Å²) in [5.74, 6) is -0.687. The van der Waals surface area contributed by atoms with Crippen molar-refractivity contribution in [2.75, 3.05) is 13.1 Å². The van der Waals surface area contributed by atoms with Crippen molar-refractivity contribution in [1.82, 2.24) is 4.90 Å². The van der Waals surface area contributed by atoms with Crippen molar-refractivity contribution in [2.24, 2.45) is 0 Å². The van der Waals surface area contributed by atoms with Gasteiger partial charge in [0.05, 0.1) is 0 Å². The summed E-state index contributed by atoms with van der Waals surface area (Å²) in [7, 11) is 0. The first-order chi connectivity index (χ1) is 9.58. The van der Waals surface area contributed by atoms with Crippen molar-refractivity contribution >= 4 is 33.3 Å². The second-order valence-electron chi connectivity index (χ2n) is 5.10. The number of rotatable bonds is 2. The molecule has 1 aromatic carbocycles. The number of carbonyl (C=O) groups excluding carboxylic acids is 1. The van der Waals surface area contributed by atoms with Gasteiger partial charge < -0.3 is 10.0 Å². The van der Waals surface area contributed by atoms with Crippen LogP contribution in [0.25, 0.3) is 10.1 Å². The minimum atomic E-state index is -0.873. The van der Waals surface area contributed by atoms with Crippen LogP contribution in [-0.4, -0.2) is 35.0 Å². The van der Waals surface area contributed by atoms with Gasteiger partial charge >= 0.3 is 5.97 Å². The van der Waals surface area contributed by atoms with Crippen LogP contribution in [0.4, 0.5) is 0 Å². The molecule has 0 unspecified atom stereocenters. The third kappa shape index (κ3) is 2.08. The Hall–Kier alpha value is -1.88. The van der Waals surface area contributed by atoms with E-state index < -0.39 is 5.97 Å². The number of benzene rings is 1. The predicted octanol–water partition coefficient (Wildman–Crippen LogP) is 2.94. The molecule has 3 rings (SSSR count). The number of carboxylic acids is 1. The number of hydrogen-bond donors (Lipinski definition) is 1. The summed E-state index contributed by atoms with van der Waals surface area (Å²) in [5.41, 5.74) is 0.904. The van der Waals surface area contributed by atoms with E-state index in [1.165, 1.54) is 11.3 Å². The third-order valence-electron chi connectivity index (χ3n) is 3.87. The molecule has 0 aliphatic carbocycles. The molecule has 1 fully saturated rings. The van der Waals surface area contributed by atoms with Crippen LogP contribution < -0.4 is 0 Å². The zero-order chi connectivity index (χ0) is 14.3. The normalized spacial score (nSPS) is 18.6. The van der Waals surface area contributed by atoms with Gasteiger partial charge in [-0.3, -0.25) is 4.79 Å². The summed E-state index contributed by atoms with van der Waals surface area (Å²) >= 11 is 1.33. The number of carbonyl (C=O) groups is 2. The smallest absolute Gasteiger partial charge is 0.346 e. The highest BCUT2D eigenvalue weighted by Gasteiger charge is 2.31. The highest BCUT2D eigenvalue weighted by atomic mass is 32.1. The van der Waals surface area contributed by atoms with E-state index in [2.05, 4.69) is 0 Å². The Labute approximate surface area is 120 Å². The SMILES string of the molecule is CC(=O)N1CC[C@@H](c2c(C(=O)O)sc3ccccc23)C1. The van der Waals surface area contributed by atoms with E-state index in [-0.39, 0.29) is 11.8 Å². The van der Waals surface area contributed by atoms with E-state index >= 15 is 0 Å². The molecule has 104 valence electrons. The van der Waals surface area contributed by atoms with Crippen LogP contribution in [0, 0.1) is 0 Å². The van der Waals surface area contributed by atoms with Gasteiger partial charge in [-0.25, -0.2) is 4.79 Å². The van der Waals surface area contributed by atoms with E-state index in [9.17, 15) is 14.7 Å². The first kappa shape index (κ1) is 13.1. The van der Waals surface area contributed by atoms with Crippen LogP contribution in [0.5, 0.6) is 0 Å². The summed E-state index contributed by atoms with van der Waals surface area (Å²) in [5, 5.41) is 10.5. The molecule has 1 saturated heterocycles. The topological polar surface area (TPSA) is 57.6 Å². The van der Waals surface area contributed by atoms with Gasteiger partial charge in [-0.2, -0.15) is 0 Å². The van der Waals surface area contributed by atoms with Gasteiger partial charge in [-0.05, 0) is 23.4 Å². The molecule has 5 heteroatoms. The first-order valence-corrected chi connectivity index (χ1v) is 7.40. The van der Waals surface area contributed by atoms with Gasteiger partial charge in [0, 0.05) is 30.6 Å². The Morgan fingerprint density at radius 3 is 2.75 bits per heavy atom. The number of carboxylic acid groups (broad SMARTS) is 1. The van der Waals surface area contributed by atoms with Crippen LogP contribution in [-0.2, 0) is 4.79 Å². The van der Waals surface area contributed by atoms with Crippen LogP contribution in [0.15, 0.2) is 24.3 Å². The average molecular weight is 289 g/mol. The highest BCUT2D eigenvalue weighted by Crippen LogP contribution is 2.40. The Morgan fingerprint density at radius 2 is 2.10 bits per heavy atom. The number of nitrogens with zero attached hydrogens (tertiary/aromatic N) is 1. The molecule has 1 amide bonds. The number of aromatic carboxylic acids is 1. The second kappa shape index (κ2) is 4.90. The molecule has 0 spiro atoms. The summed E-state index contributed by atoms with van der Waals surface area (Å²) in [6.45, 7) is 2.89. The average Bonchev–Trinajstić information content (AvgIpc) is 3.02. The van der Waals surface area contributed by atoms with E-state index in [0.717, 1.165) is 22.1 Å². The summed E-state index contributed by atoms with van der Waals surface area (Å²) in [6, 6.07) is 7.78. The van der Waals surface area contributed by atoms with Crippen LogP contribution in [0.2, 0.25) is 0 Å². The standard InChI is InChI=1S/C15H15NO3S/c1-9(17)16-7-6-10(8-16)13-11-4-2-3-5-12(11)20-14(13)15(18)19/h2-5,10H,6-8H2,1H3,(H,18,19)/t10-/m1/s1. The molecule has 4 nitrogen and oxygen atoms in total. The summed E-state index contributed by atoms with van der Waals surface area (Å²) in [4.78, 5) is 25.2. The maximum atomic E-state index is 11.5. The zero-order valence-corrected chi connectivity index (χ0v) is 11.9. The van der Waals surface area contributed by atoms with Crippen molar-refractivity contribution in [3.8, 4) is 0 Å². The molecule has 0 radical (unpaired) electrons. The number of thiophene rings is 1. The van der Waals surface area contributed by atoms with E-state index in [1.807, 2.05) is 24.3 Å². The van der Waals surface area contributed by atoms with Gasteiger partial charge in [0.1, 0.15) is 4.88 Å². The van der Waals surface area contributed by atoms with Crippen LogP contribution in [0.1, 0.15) is 34.5 Å². The summed E-state index contributed by atoms with van der Waals surface area (Å²) < 4.78 is 1.00. The quantitative estimate of drug-likeness (QED) is 0.924. The maximum absolute atomic E-state index is 11.5. The first-order valence-electron chi connectivity index (χ1n) is 6.58. The lowest BCUT2D eigenvalue weighted by Crippen LogP contribution is -2.25. The lowest BCUT2D eigenvalue weighted by molar-refractivity contribution is -0.127. The van der Waals surface area contributed by atoms with Gasteiger partial charge in [0.15, 0.2) is 0 Å². The molecule has 0 saturated carbocycles. The minimum Gasteiger partial charge on any atom is -0.477 e. The van der Waals surface area contributed by atoms with E-state index in [0.29, 0.717) is 18.0 Å². The molecule has 0 bridgehead atoms. The number of amides is 1. The Balaban J connectivity index is 2.08. The molecule has 2 aromatic rings. The summed E-state index contributed by atoms with van der Waals surface area (Å²) in [6.07, 6.45) is 0.834. The molecule has 1 atom stereocenters. The molecule has 1 N–H and O–H groups in total. The zero-order valence-electron chi connectivity index (χ0n) is 11.1. The van der Waals surface area contributed by atoms with E-state index in [4.69, 9.17) is 0 Å². The Bertz CT molecular complexity index is 691.